The van der Waals surface area contributed by atoms with Crippen LogP contribution in [-0.2, 0) is 0 Å². The summed E-state index contributed by atoms with van der Waals surface area (Å²) in [6, 6.07) is 1.50. The Balaban J connectivity index is 1.89. The molecule has 100 valence electrons. The fourth-order valence-corrected chi connectivity index (χ4v) is 3.11. The summed E-state index contributed by atoms with van der Waals surface area (Å²) < 4.78 is 0. The Morgan fingerprint density at radius 2 is 2.06 bits per heavy atom. The van der Waals surface area contributed by atoms with Gasteiger partial charge in [0.25, 0.3) is 0 Å². The Kier molecular flexibility index (Phi) is 4.14. The molecule has 2 fully saturated rings. The van der Waals surface area contributed by atoms with E-state index in [1.807, 2.05) is 0 Å². The van der Waals surface area contributed by atoms with Gasteiger partial charge in [-0.2, -0.15) is 0 Å². The predicted molar refractivity (Wildman–Crippen MR) is 74.2 cm³/mol. The number of nitrogens with zero attached hydrogens (tertiary/aromatic N) is 1. The second kappa shape index (κ2) is 5.27. The van der Waals surface area contributed by atoms with E-state index in [0.717, 1.165) is 18.0 Å². The van der Waals surface area contributed by atoms with Crippen LogP contribution >= 0.6 is 0 Å². The normalized spacial score (nSPS) is 33.0. The van der Waals surface area contributed by atoms with E-state index in [2.05, 4.69) is 37.9 Å². The van der Waals surface area contributed by atoms with Crippen molar-refractivity contribution in [1.29, 1.82) is 0 Å². The Morgan fingerprint density at radius 1 is 1.35 bits per heavy atom. The zero-order valence-electron chi connectivity index (χ0n) is 12.1. The fourth-order valence-electron chi connectivity index (χ4n) is 3.11. The standard InChI is InChI=1S/C15H30N2/c1-5-14-9-16-13(8-12(2)3)10-17(14)11-15(4)6-7-15/h12-14,16H,5-11H2,1-4H3. The summed E-state index contributed by atoms with van der Waals surface area (Å²) in [5.41, 5.74) is 0.660. The van der Waals surface area contributed by atoms with Crippen molar-refractivity contribution in [3.8, 4) is 0 Å². The van der Waals surface area contributed by atoms with Gasteiger partial charge in [-0.3, -0.25) is 4.90 Å². The average molecular weight is 238 g/mol. The molecule has 1 aliphatic heterocycles. The zero-order chi connectivity index (χ0) is 12.5. The van der Waals surface area contributed by atoms with Crippen molar-refractivity contribution >= 4 is 0 Å². The molecule has 2 unspecified atom stereocenters. The SMILES string of the molecule is CCC1CNC(CC(C)C)CN1CC1(C)CC1. The largest absolute Gasteiger partial charge is 0.311 e. The lowest BCUT2D eigenvalue weighted by Crippen LogP contribution is -2.57. The van der Waals surface area contributed by atoms with Gasteiger partial charge in [-0.25, -0.2) is 0 Å². The second-order valence-electron chi connectivity index (χ2n) is 7.04. The highest BCUT2D eigenvalue weighted by Crippen LogP contribution is 2.46. The fraction of sp³-hybridized carbons (Fsp3) is 1.00. The van der Waals surface area contributed by atoms with Crippen LogP contribution in [-0.4, -0.2) is 36.6 Å². The van der Waals surface area contributed by atoms with E-state index in [9.17, 15) is 0 Å². The summed E-state index contributed by atoms with van der Waals surface area (Å²) in [6.07, 6.45) is 5.51. The van der Waals surface area contributed by atoms with Gasteiger partial charge in [0.05, 0.1) is 0 Å². The number of nitrogens with one attached hydrogen (secondary N) is 1. The smallest absolute Gasteiger partial charge is 0.0219 e. The molecule has 2 nitrogen and oxygen atoms in total. The lowest BCUT2D eigenvalue weighted by atomic mass is 9.97. The first-order valence-corrected chi connectivity index (χ1v) is 7.50. The molecule has 1 N–H and O–H groups in total. The predicted octanol–water partition coefficient (Wildman–Crippen LogP) is 2.89. The minimum atomic E-state index is 0.660. The van der Waals surface area contributed by atoms with Gasteiger partial charge in [0.2, 0.25) is 0 Å². The Hall–Kier alpha value is -0.0800. The average Bonchev–Trinajstić information content (AvgIpc) is 2.95. The lowest BCUT2D eigenvalue weighted by molar-refractivity contribution is 0.0981. The van der Waals surface area contributed by atoms with Crippen LogP contribution in [0.5, 0.6) is 0 Å². The maximum absolute atomic E-state index is 3.75. The van der Waals surface area contributed by atoms with Crippen LogP contribution in [0.3, 0.4) is 0 Å². The molecule has 0 aromatic carbocycles. The van der Waals surface area contributed by atoms with Gasteiger partial charge in [0, 0.05) is 31.7 Å². The first-order valence-electron chi connectivity index (χ1n) is 7.50. The van der Waals surface area contributed by atoms with Gasteiger partial charge < -0.3 is 5.32 Å². The molecule has 17 heavy (non-hydrogen) atoms. The van der Waals surface area contributed by atoms with Crippen molar-refractivity contribution in [2.45, 2.75) is 65.5 Å². The van der Waals surface area contributed by atoms with Gasteiger partial charge in [0.1, 0.15) is 0 Å². The van der Waals surface area contributed by atoms with Crippen molar-refractivity contribution in [2.24, 2.45) is 11.3 Å². The van der Waals surface area contributed by atoms with Gasteiger partial charge >= 0.3 is 0 Å². The highest BCUT2D eigenvalue weighted by molar-refractivity contribution is 4.95. The van der Waals surface area contributed by atoms with Crippen LogP contribution in [0.15, 0.2) is 0 Å². The molecule has 2 aliphatic rings. The third kappa shape index (κ3) is 3.69. The van der Waals surface area contributed by atoms with E-state index in [1.165, 1.54) is 45.3 Å². The van der Waals surface area contributed by atoms with Crippen LogP contribution in [0.4, 0.5) is 0 Å². The molecule has 2 atom stereocenters. The van der Waals surface area contributed by atoms with E-state index in [4.69, 9.17) is 0 Å². The lowest BCUT2D eigenvalue weighted by Gasteiger charge is -2.42. The zero-order valence-corrected chi connectivity index (χ0v) is 12.1. The molecule has 1 aliphatic carbocycles. The van der Waals surface area contributed by atoms with Gasteiger partial charge in [-0.15, -0.1) is 0 Å². The summed E-state index contributed by atoms with van der Waals surface area (Å²) in [6.45, 7) is 13.3. The molecule has 0 spiro atoms. The summed E-state index contributed by atoms with van der Waals surface area (Å²) >= 11 is 0. The first kappa shape index (κ1) is 13.4. The maximum Gasteiger partial charge on any atom is 0.0219 e. The second-order valence-corrected chi connectivity index (χ2v) is 7.04. The molecule has 1 saturated heterocycles. The van der Waals surface area contributed by atoms with Crippen molar-refractivity contribution in [1.82, 2.24) is 10.2 Å². The van der Waals surface area contributed by atoms with Gasteiger partial charge in [0.15, 0.2) is 0 Å². The van der Waals surface area contributed by atoms with Crippen molar-refractivity contribution in [3.63, 3.8) is 0 Å². The van der Waals surface area contributed by atoms with E-state index < -0.39 is 0 Å². The summed E-state index contributed by atoms with van der Waals surface area (Å²) in [4.78, 5) is 2.77. The Labute approximate surface area is 107 Å². The van der Waals surface area contributed by atoms with E-state index in [0.29, 0.717) is 5.41 Å². The maximum atomic E-state index is 3.75. The first-order chi connectivity index (χ1) is 8.02. The quantitative estimate of drug-likeness (QED) is 0.792. The van der Waals surface area contributed by atoms with Crippen molar-refractivity contribution in [3.05, 3.63) is 0 Å². The summed E-state index contributed by atoms with van der Waals surface area (Å²) in [5, 5.41) is 3.75. The van der Waals surface area contributed by atoms with Gasteiger partial charge in [-0.05, 0) is 37.0 Å². The van der Waals surface area contributed by atoms with E-state index in [1.54, 1.807) is 0 Å². The monoisotopic (exact) mass is 238 g/mol. The van der Waals surface area contributed by atoms with Crippen molar-refractivity contribution < 1.29 is 0 Å². The summed E-state index contributed by atoms with van der Waals surface area (Å²) in [7, 11) is 0. The van der Waals surface area contributed by atoms with E-state index >= 15 is 0 Å². The number of hydrogen-bond acceptors (Lipinski definition) is 2. The van der Waals surface area contributed by atoms with Crippen LogP contribution < -0.4 is 5.32 Å². The molecule has 0 radical (unpaired) electrons. The molecular weight excluding hydrogens is 208 g/mol. The molecule has 1 heterocycles. The number of rotatable bonds is 5. The Morgan fingerprint density at radius 3 is 2.59 bits per heavy atom. The van der Waals surface area contributed by atoms with Crippen molar-refractivity contribution in [2.75, 3.05) is 19.6 Å². The molecule has 2 rings (SSSR count). The summed E-state index contributed by atoms with van der Waals surface area (Å²) in [5.74, 6) is 0.809. The molecule has 0 aromatic rings. The highest BCUT2D eigenvalue weighted by Gasteiger charge is 2.41. The third-order valence-electron chi connectivity index (χ3n) is 4.53. The van der Waals surface area contributed by atoms with E-state index in [-0.39, 0.29) is 0 Å². The van der Waals surface area contributed by atoms with Crippen LogP contribution in [0.25, 0.3) is 0 Å². The Bertz CT molecular complexity index is 245. The molecule has 2 heteroatoms. The topological polar surface area (TPSA) is 15.3 Å². The minimum absolute atomic E-state index is 0.660. The number of hydrogen-bond donors (Lipinski definition) is 1. The molecular formula is C15H30N2. The van der Waals surface area contributed by atoms with Crippen LogP contribution in [0.2, 0.25) is 0 Å². The molecule has 0 amide bonds. The molecule has 1 saturated carbocycles. The molecule has 0 bridgehead atoms. The minimum Gasteiger partial charge on any atom is -0.311 e. The van der Waals surface area contributed by atoms with Crippen LogP contribution in [0, 0.1) is 11.3 Å². The highest BCUT2D eigenvalue weighted by atomic mass is 15.2. The van der Waals surface area contributed by atoms with Crippen LogP contribution in [0.1, 0.15) is 53.4 Å². The van der Waals surface area contributed by atoms with Gasteiger partial charge in [-0.1, -0.05) is 27.7 Å². The third-order valence-corrected chi connectivity index (χ3v) is 4.53. The molecule has 0 aromatic heterocycles. The number of piperazine rings is 1.